The van der Waals surface area contributed by atoms with Crippen molar-refractivity contribution in [2.24, 2.45) is 0 Å². The number of benzene rings is 2. The number of aliphatic hydroxyl groups excluding tert-OH is 1. The van der Waals surface area contributed by atoms with Crippen LogP contribution in [0.2, 0.25) is 5.02 Å². The van der Waals surface area contributed by atoms with Gasteiger partial charge in [-0.15, -0.1) is 0 Å². The maximum absolute atomic E-state index is 10.2. The third kappa shape index (κ3) is 6.01. The van der Waals surface area contributed by atoms with Gasteiger partial charge in [-0.05, 0) is 24.3 Å². The van der Waals surface area contributed by atoms with Crippen molar-refractivity contribution in [2.75, 3.05) is 39.3 Å². The Kier molecular flexibility index (Phi) is 6.70. The Morgan fingerprint density at radius 2 is 1.56 bits per heavy atom. The van der Waals surface area contributed by atoms with Crippen LogP contribution < -0.4 is 14.5 Å². The molecule has 0 radical (unpaired) electrons. The number of hydrogen-bond donors (Lipinski definition) is 3. The van der Waals surface area contributed by atoms with Crippen LogP contribution in [0.25, 0.3) is 0 Å². The standard InChI is InChI=1S/C20H25ClN2O2/c21-18-8-6-17(7-9-18)14-22-10-12-23(13-11-22)15-19(24)16-25-20-4-2-1-3-5-20/h1-9,19,24H,10-16H2/p+2/t19-/m0/s1. The second-order valence-electron chi connectivity index (χ2n) is 6.79. The SMILES string of the molecule is O[C@H](COc1ccccc1)C[NH+]1CC[NH+](Cc2ccc(Cl)cc2)CC1. The zero-order valence-electron chi connectivity index (χ0n) is 14.5. The van der Waals surface area contributed by atoms with Gasteiger partial charge in [0.2, 0.25) is 0 Å². The molecular formula is C20H27ClN2O2+2. The van der Waals surface area contributed by atoms with E-state index in [0.29, 0.717) is 6.61 Å². The van der Waals surface area contributed by atoms with Gasteiger partial charge in [-0.3, -0.25) is 0 Å². The maximum atomic E-state index is 10.2. The second kappa shape index (κ2) is 9.20. The van der Waals surface area contributed by atoms with Gasteiger partial charge in [-0.2, -0.15) is 0 Å². The van der Waals surface area contributed by atoms with Gasteiger partial charge in [-0.25, -0.2) is 0 Å². The summed E-state index contributed by atoms with van der Waals surface area (Å²) >= 11 is 5.94. The Bertz CT molecular complexity index is 628. The molecule has 1 fully saturated rings. The predicted molar refractivity (Wildman–Crippen MR) is 99.4 cm³/mol. The van der Waals surface area contributed by atoms with E-state index < -0.39 is 6.10 Å². The zero-order chi connectivity index (χ0) is 17.5. The van der Waals surface area contributed by atoms with E-state index in [9.17, 15) is 5.11 Å². The van der Waals surface area contributed by atoms with Crippen LogP contribution in [0, 0.1) is 0 Å². The lowest BCUT2D eigenvalue weighted by molar-refractivity contribution is -1.02. The van der Waals surface area contributed by atoms with Crippen LogP contribution in [0.3, 0.4) is 0 Å². The summed E-state index contributed by atoms with van der Waals surface area (Å²) in [6.45, 7) is 6.59. The summed E-state index contributed by atoms with van der Waals surface area (Å²) in [5.74, 6) is 0.814. The molecule has 1 saturated heterocycles. The Morgan fingerprint density at radius 3 is 2.24 bits per heavy atom. The highest BCUT2D eigenvalue weighted by molar-refractivity contribution is 6.30. The van der Waals surface area contributed by atoms with Crippen LogP contribution in [0.1, 0.15) is 5.56 Å². The first-order valence-electron chi connectivity index (χ1n) is 8.96. The second-order valence-corrected chi connectivity index (χ2v) is 7.22. The number of piperazine rings is 1. The molecule has 0 spiro atoms. The van der Waals surface area contributed by atoms with E-state index in [0.717, 1.165) is 50.0 Å². The Labute approximate surface area is 154 Å². The lowest BCUT2D eigenvalue weighted by Crippen LogP contribution is -3.28. The van der Waals surface area contributed by atoms with Gasteiger partial charge in [0, 0.05) is 10.6 Å². The third-order valence-corrected chi connectivity index (χ3v) is 4.99. The molecule has 0 unspecified atom stereocenters. The molecule has 5 heteroatoms. The molecule has 0 aromatic heterocycles. The summed E-state index contributed by atoms with van der Waals surface area (Å²) in [7, 11) is 0. The Morgan fingerprint density at radius 1 is 0.920 bits per heavy atom. The number of aliphatic hydroxyl groups is 1. The molecule has 4 nitrogen and oxygen atoms in total. The summed E-state index contributed by atoms with van der Waals surface area (Å²) in [5, 5.41) is 11.0. The largest absolute Gasteiger partial charge is 0.491 e. The van der Waals surface area contributed by atoms with Gasteiger partial charge in [0.15, 0.2) is 0 Å². The monoisotopic (exact) mass is 362 g/mol. The summed E-state index contributed by atoms with van der Waals surface area (Å²) in [4.78, 5) is 3.06. The lowest BCUT2D eigenvalue weighted by Gasteiger charge is -2.30. The predicted octanol–water partition coefficient (Wildman–Crippen LogP) is 0.0633. The molecule has 1 atom stereocenters. The van der Waals surface area contributed by atoms with Crippen molar-refractivity contribution in [3.63, 3.8) is 0 Å². The molecule has 1 aliphatic heterocycles. The van der Waals surface area contributed by atoms with E-state index in [4.69, 9.17) is 16.3 Å². The molecule has 3 N–H and O–H groups in total. The molecule has 1 heterocycles. The quantitative estimate of drug-likeness (QED) is 0.652. The molecule has 0 bridgehead atoms. The third-order valence-electron chi connectivity index (χ3n) is 4.74. The number of hydrogen-bond acceptors (Lipinski definition) is 2. The van der Waals surface area contributed by atoms with Crippen molar-refractivity contribution in [2.45, 2.75) is 12.6 Å². The van der Waals surface area contributed by atoms with Gasteiger partial charge < -0.3 is 19.6 Å². The molecule has 134 valence electrons. The number of nitrogens with one attached hydrogen (secondary N) is 2. The normalized spacial score (nSPS) is 21.7. The summed E-state index contributed by atoms with van der Waals surface area (Å²) in [6.07, 6.45) is -0.423. The number of ether oxygens (including phenoxy) is 1. The van der Waals surface area contributed by atoms with Crippen LogP contribution in [0.15, 0.2) is 54.6 Å². The number of para-hydroxylation sites is 1. The van der Waals surface area contributed by atoms with Gasteiger partial charge in [0.05, 0.1) is 0 Å². The van der Waals surface area contributed by atoms with Crippen molar-refractivity contribution in [3.8, 4) is 5.75 Å². The van der Waals surface area contributed by atoms with Crippen LogP contribution in [0.5, 0.6) is 5.75 Å². The lowest BCUT2D eigenvalue weighted by atomic mass is 10.2. The van der Waals surface area contributed by atoms with Crippen molar-refractivity contribution in [3.05, 3.63) is 65.2 Å². The minimum Gasteiger partial charge on any atom is -0.491 e. The molecule has 3 rings (SSSR count). The number of halogens is 1. The van der Waals surface area contributed by atoms with E-state index in [1.165, 1.54) is 10.5 Å². The average molecular weight is 363 g/mol. The maximum Gasteiger partial charge on any atom is 0.137 e. The smallest absolute Gasteiger partial charge is 0.137 e. The van der Waals surface area contributed by atoms with E-state index in [2.05, 4.69) is 12.1 Å². The minimum atomic E-state index is -0.423. The van der Waals surface area contributed by atoms with Crippen LogP contribution in [-0.4, -0.2) is 50.5 Å². The first kappa shape index (κ1) is 18.2. The summed E-state index contributed by atoms with van der Waals surface area (Å²) in [5.41, 5.74) is 1.33. The average Bonchev–Trinajstić information content (AvgIpc) is 2.64. The topological polar surface area (TPSA) is 38.3 Å². The molecule has 0 amide bonds. The highest BCUT2D eigenvalue weighted by Crippen LogP contribution is 2.09. The first-order chi connectivity index (χ1) is 12.2. The van der Waals surface area contributed by atoms with Crippen molar-refractivity contribution in [1.29, 1.82) is 0 Å². The van der Waals surface area contributed by atoms with Crippen molar-refractivity contribution in [1.82, 2.24) is 0 Å². The van der Waals surface area contributed by atoms with Crippen molar-refractivity contribution < 1.29 is 19.6 Å². The first-order valence-corrected chi connectivity index (χ1v) is 9.34. The minimum absolute atomic E-state index is 0.356. The van der Waals surface area contributed by atoms with E-state index in [-0.39, 0.29) is 0 Å². The molecule has 0 saturated carbocycles. The summed E-state index contributed by atoms with van der Waals surface area (Å²) < 4.78 is 5.64. The molecule has 1 aliphatic rings. The zero-order valence-corrected chi connectivity index (χ0v) is 15.2. The van der Waals surface area contributed by atoms with Gasteiger partial charge >= 0.3 is 0 Å². The van der Waals surface area contributed by atoms with E-state index in [1.807, 2.05) is 42.5 Å². The van der Waals surface area contributed by atoms with Crippen LogP contribution in [0.4, 0.5) is 0 Å². The van der Waals surface area contributed by atoms with Gasteiger partial charge in [0.1, 0.15) is 57.7 Å². The van der Waals surface area contributed by atoms with Crippen molar-refractivity contribution >= 4 is 11.6 Å². The Balaban J connectivity index is 1.36. The van der Waals surface area contributed by atoms with Crippen LogP contribution >= 0.6 is 11.6 Å². The highest BCUT2D eigenvalue weighted by atomic mass is 35.5. The Hall–Kier alpha value is -1.59. The number of rotatable bonds is 7. The molecule has 2 aromatic carbocycles. The fourth-order valence-electron chi connectivity index (χ4n) is 3.33. The van der Waals surface area contributed by atoms with E-state index >= 15 is 0 Å². The molecule has 2 aromatic rings. The highest BCUT2D eigenvalue weighted by Gasteiger charge is 2.25. The fourth-order valence-corrected chi connectivity index (χ4v) is 3.46. The molecule has 25 heavy (non-hydrogen) atoms. The fraction of sp³-hybridized carbons (Fsp3) is 0.400. The molecular weight excluding hydrogens is 336 g/mol. The summed E-state index contributed by atoms with van der Waals surface area (Å²) in [6, 6.07) is 17.8. The number of quaternary nitrogens is 2. The van der Waals surface area contributed by atoms with Crippen LogP contribution in [-0.2, 0) is 6.54 Å². The van der Waals surface area contributed by atoms with Gasteiger partial charge in [0.25, 0.3) is 0 Å². The van der Waals surface area contributed by atoms with Gasteiger partial charge in [-0.1, -0.05) is 41.9 Å². The van der Waals surface area contributed by atoms with E-state index in [1.54, 1.807) is 4.90 Å². The molecule has 0 aliphatic carbocycles.